The summed E-state index contributed by atoms with van der Waals surface area (Å²) in [5.41, 5.74) is 11.9. The molecule has 16 N–H and O–H groups in total. The van der Waals surface area contributed by atoms with Gasteiger partial charge in [-0.25, -0.2) is 9.69 Å². The molecular formula is C53H76N16O10S2. The molecule has 26 nitrogen and oxygen atoms in total. The van der Waals surface area contributed by atoms with Gasteiger partial charge in [0.05, 0.1) is 6.34 Å². The number of imide groups is 1. The van der Waals surface area contributed by atoms with Crippen molar-refractivity contribution in [1.82, 2.24) is 63.1 Å². The number of aliphatic imine (C=N–C) groups is 1. The third-order valence-electron chi connectivity index (χ3n) is 13.0. The highest BCUT2D eigenvalue weighted by atomic mass is 32.1. The van der Waals surface area contributed by atoms with E-state index in [9.17, 15) is 47.9 Å². The Morgan fingerprint density at radius 1 is 0.728 bits per heavy atom. The van der Waals surface area contributed by atoms with Gasteiger partial charge in [0.2, 0.25) is 47.3 Å². The maximum Gasteiger partial charge on any atom is 0.325 e. The lowest BCUT2D eigenvalue weighted by molar-refractivity contribution is -0.139. The molecule has 2 heterocycles. The first-order chi connectivity index (χ1) is 38.4. The normalized spacial score (nSPS) is 15.8. The molecule has 1 aliphatic rings. The van der Waals surface area contributed by atoms with Crippen molar-refractivity contribution in [3.8, 4) is 0 Å². The third kappa shape index (κ3) is 19.6. The fourth-order valence-electron chi connectivity index (χ4n) is 8.52. The Morgan fingerprint density at radius 3 is 1.88 bits per heavy atom. The van der Waals surface area contributed by atoms with Crippen molar-refractivity contribution in [2.24, 2.45) is 16.5 Å². The highest BCUT2D eigenvalue weighted by Crippen LogP contribution is 2.23. The molecule has 3 aromatic rings. The molecule has 0 radical (unpaired) electrons. The van der Waals surface area contributed by atoms with Crippen LogP contribution in [-0.4, -0.2) is 160 Å². The number of carbonyl (C=O) groups is 10. The van der Waals surface area contributed by atoms with E-state index in [1.807, 2.05) is 25.1 Å². The van der Waals surface area contributed by atoms with Gasteiger partial charge < -0.3 is 69.6 Å². The number of fused-ring (bicyclic) bond motifs is 1. The van der Waals surface area contributed by atoms with Crippen molar-refractivity contribution < 1.29 is 47.9 Å². The zero-order valence-corrected chi connectivity index (χ0v) is 47.8. The number of para-hydroxylation sites is 1. The molecule has 1 fully saturated rings. The Balaban J connectivity index is 1.61. The number of H-pyrrole nitrogens is 1. The zero-order chi connectivity index (χ0) is 60.0. The van der Waals surface area contributed by atoms with E-state index < -0.39 is 113 Å². The van der Waals surface area contributed by atoms with Crippen LogP contribution in [0.15, 0.2) is 78.1 Å². The smallest absolute Gasteiger partial charge is 0.325 e. The first-order valence-corrected chi connectivity index (χ1v) is 27.5. The van der Waals surface area contributed by atoms with E-state index in [0.717, 1.165) is 15.8 Å². The van der Waals surface area contributed by atoms with Crippen molar-refractivity contribution >= 4 is 108 Å². The predicted molar refractivity (Wildman–Crippen MR) is 311 cm³/mol. The second-order valence-electron chi connectivity index (χ2n) is 19.8. The van der Waals surface area contributed by atoms with Crippen LogP contribution in [0.4, 0.5) is 4.79 Å². The number of benzene rings is 2. The number of rotatable bonds is 33. The molecule has 1 aromatic heterocycles. The number of nitrogens with two attached hydrogens (primary N) is 2. The van der Waals surface area contributed by atoms with Gasteiger partial charge in [0, 0.05) is 67.2 Å². The van der Waals surface area contributed by atoms with Crippen molar-refractivity contribution in [3.63, 3.8) is 0 Å². The molecule has 440 valence electrons. The van der Waals surface area contributed by atoms with E-state index >= 15 is 0 Å². The molecule has 0 saturated carbocycles. The lowest BCUT2D eigenvalue weighted by Gasteiger charge is -2.28. The van der Waals surface area contributed by atoms with Gasteiger partial charge in [0.15, 0.2) is 5.96 Å². The van der Waals surface area contributed by atoms with E-state index in [4.69, 9.17) is 16.9 Å². The highest BCUT2D eigenvalue weighted by molar-refractivity contribution is 7.80. The number of aromatic nitrogens is 1. The molecule has 0 aliphatic carbocycles. The Hall–Kier alpha value is -8.14. The molecule has 11 amide bonds. The first-order valence-electron chi connectivity index (χ1n) is 26.3. The summed E-state index contributed by atoms with van der Waals surface area (Å²) in [4.78, 5) is 145. The number of thiol groups is 2. The average Bonchev–Trinajstić information content (AvgIpc) is 3.99. The van der Waals surface area contributed by atoms with E-state index in [1.54, 1.807) is 42.6 Å². The van der Waals surface area contributed by atoms with Crippen molar-refractivity contribution in [2.45, 2.75) is 133 Å². The number of primary amides is 1. The Morgan fingerprint density at radius 2 is 1.28 bits per heavy atom. The summed E-state index contributed by atoms with van der Waals surface area (Å²) in [5.74, 6) is -8.11. The summed E-state index contributed by atoms with van der Waals surface area (Å²) in [6, 6.07) is 4.27. The maximum absolute atomic E-state index is 14.7. The van der Waals surface area contributed by atoms with Crippen LogP contribution in [0.5, 0.6) is 0 Å². The van der Waals surface area contributed by atoms with Gasteiger partial charge in [-0.2, -0.15) is 25.3 Å². The van der Waals surface area contributed by atoms with Gasteiger partial charge in [-0.3, -0.25) is 53.6 Å². The lowest BCUT2D eigenvalue weighted by Crippen LogP contribution is -2.61. The number of carbonyl (C=O) groups excluding carboxylic acids is 10. The average molecular weight is 1160 g/mol. The zero-order valence-electron chi connectivity index (χ0n) is 46.0. The number of nitrogens with one attached hydrogen (secondary N) is 12. The Kier molecular flexibility index (Phi) is 25.5. The number of guanidine groups is 1. The predicted octanol–water partition coefficient (Wildman–Crippen LogP) is -0.985. The standard InChI is InChI=1S/C53H76N16O10S2/c1-7-8-20-41(69-50(78)53(4,5)68-52(69)79)49(77)67-40(27-81)48(76)61-30(3)43(71)63-36(22-29(2)60-28-57-6)45(73)64-37(23-31-15-10-9-11-16-31)46(74)62-35(19-14-21-58-51(55)56)44(72)65-38(47(75)66-39(26-80)42(54)70)24-32-25-59-34-18-13-12-17-33(32)34/h9-13,15-18,25,28,30,35-41,59,80-81H,2,7-8,14,19-24,26-27H2,1,3-6H3,(H2,54,70)(H,57,60)(H,61,76)(H,62,74)(H,63,71)(H,64,73)(H,65,72)(H,66,75)(H,67,77)(H,68,79)(H4,55,56,58)/t30-,35+,36+,37-,38+,39+,40+,41+/m1/s1. The number of nitrogens with zero attached hydrogens (tertiary/aromatic N) is 2. The quantitative estimate of drug-likeness (QED) is 0.0115. The molecule has 4 rings (SSSR count). The van der Waals surface area contributed by atoms with Gasteiger partial charge >= 0.3 is 6.03 Å². The van der Waals surface area contributed by atoms with Crippen LogP contribution in [0.1, 0.15) is 77.3 Å². The molecular weight excluding hydrogens is 1080 g/mol. The maximum atomic E-state index is 14.7. The van der Waals surface area contributed by atoms with Gasteiger partial charge in [0.1, 0.15) is 53.9 Å². The fourth-order valence-corrected chi connectivity index (χ4v) is 9.05. The number of hydrogen-bond acceptors (Lipinski definition) is 14. The molecule has 8 atom stereocenters. The number of aromatic amines is 1. The van der Waals surface area contributed by atoms with Crippen LogP contribution >= 0.6 is 25.3 Å². The van der Waals surface area contributed by atoms with Gasteiger partial charge in [-0.1, -0.05) is 74.9 Å². The van der Waals surface area contributed by atoms with E-state index in [0.29, 0.717) is 24.0 Å². The molecule has 0 unspecified atom stereocenters. The van der Waals surface area contributed by atoms with Crippen LogP contribution in [0.3, 0.4) is 0 Å². The van der Waals surface area contributed by atoms with Crippen LogP contribution in [0, 0.1) is 5.41 Å². The monoisotopic (exact) mass is 1160 g/mol. The number of unbranched alkanes of at least 4 members (excludes halogenated alkanes) is 1. The molecule has 1 saturated heterocycles. The second-order valence-corrected chi connectivity index (χ2v) is 20.6. The molecule has 2 aromatic carbocycles. The van der Waals surface area contributed by atoms with Gasteiger partial charge in [-0.15, -0.1) is 0 Å². The Labute approximate surface area is 480 Å². The number of urea groups is 1. The summed E-state index contributed by atoms with van der Waals surface area (Å²) in [5, 5.41) is 34.8. The van der Waals surface area contributed by atoms with E-state index in [2.05, 4.69) is 95.0 Å². The summed E-state index contributed by atoms with van der Waals surface area (Å²) >= 11 is 8.41. The third-order valence-corrected chi connectivity index (χ3v) is 13.7. The summed E-state index contributed by atoms with van der Waals surface area (Å²) < 4.78 is 0. The topological polar surface area (TPSA) is 398 Å². The Bertz CT molecular complexity index is 2800. The molecule has 28 heteroatoms. The van der Waals surface area contributed by atoms with Gasteiger partial charge in [-0.05, 0) is 57.2 Å². The van der Waals surface area contributed by atoms with Crippen molar-refractivity contribution in [2.75, 3.05) is 25.1 Å². The van der Waals surface area contributed by atoms with Crippen molar-refractivity contribution in [1.29, 1.82) is 5.41 Å². The van der Waals surface area contributed by atoms with Gasteiger partial charge in [0.25, 0.3) is 5.91 Å². The van der Waals surface area contributed by atoms with E-state index in [-0.39, 0.29) is 68.2 Å². The van der Waals surface area contributed by atoms with E-state index in [1.165, 1.54) is 34.2 Å². The number of hydrogen-bond donors (Lipinski definition) is 16. The SMILES string of the molecule is C=C(C[C@H](NC(=O)[C@@H](C)NC(=O)[C@H](CS)NC(=O)[C@H](CCCC)N1C(=O)NC(C)(C)C1=O)C(=O)N[C@H](Cc1ccccc1)C(=O)N[C@@H](CCCNC(=N)N)C(=O)N[C@@H](Cc1c[nH]c2ccccc12)C(=O)N[C@@H](CS)C(N)=O)N/C=N\C. The minimum Gasteiger partial charge on any atom is -0.370 e. The van der Waals surface area contributed by atoms with Crippen LogP contribution in [0.25, 0.3) is 10.9 Å². The first kappa shape index (κ1) is 65.4. The molecule has 0 bridgehead atoms. The lowest BCUT2D eigenvalue weighted by atomic mass is 10.0. The molecule has 1 aliphatic heterocycles. The summed E-state index contributed by atoms with van der Waals surface area (Å²) in [7, 11) is 1.48. The summed E-state index contributed by atoms with van der Waals surface area (Å²) in [6.07, 6.45) is 3.77. The fraction of sp³-hybridized carbons (Fsp3) is 0.472. The summed E-state index contributed by atoms with van der Waals surface area (Å²) in [6.45, 7) is 10.2. The van der Waals surface area contributed by atoms with Crippen molar-refractivity contribution in [3.05, 3.63) is 84.2 Å². The van der Waals surface area contributed by atoms with Crippen LogP contribution in [-0.2, 0) is 56.0 Å². The van der Waals surface area contributed by atoms with Crippen LogP contribution < -0.4 is 64.6 Å². The van der Waals surface area contributed by atoms with Crippen LogP contribution in [0.2, 0.25) is 0 Å². The minimum atomic E-state index is -1.48. The highest BCUT2D eigenvalue weighted by Gasteiger charge is 2.49. The largest absolute Gasteiger partial charge is 0.370 e. The number of amides is 11. The second kappa shape index (κ2) is 31.6. The molecule has 81 heavy (non-hydrogen) atoms. The minimum absolute atomic E-state index is 0.0769. The molecule has 0 spiro atoms.